The first kappa shape index (κ1) is 14.8. The molecule has 1 atom stereocenters. The third-order valence-electron chi connectivity index (χ3n) is 2.57. The molecule has 2 rings (SSSR count). The highest BCUT2D eigenvalue weighted by atomic mass is 35.7. The van der Waals surface area contributed by atoms with Crippen LogP contribution in [0.25, 0.3) is 0 Å². The van der Waals surface area contributed by atoms with Gasteiger partial charge in [-0.15, -0.1) is 0 Å². The maximum atomic E-state index is 8.57. The fourth-order valence-corrected chi connectivity index (χ4v) is 3.41. The zero-order chi connectivity index (χ0) is 14.2. The van der Waals surface area contributed by atoms with Gasteiger partial charge in [0, 0.05) is 11.4 Å². The molecule has 0 N–H and O–H groups in total. The van der Waals surface area contributed by atoms with Gasteiger partial charge in [0.25, 0.3) is 0 Å². The predicted octanol–water partition coefficient (Wildman–Crippen LogP) is 5.22. The maximum Gasteiger partial charge on any atom is 0.241 e. The van der Waals surface area contributed by atoms with Crippen LogP contribution in [-0.4, -0.2) is 6.61 Å². The Balaban J connectivity index is 2.23. The summed E-state index contributed by atoms with van der Waals surface area (Å²) in [6.45, 7) is 0.335. The van der Waals surface area contributed by atoms with Crippen LogP contribution in [0.3, 0.4) is 0 Å². The predicted molar refractivity (Wildman–Crippen MR) is 84.0 cm³/mol. The van der Waals surface area contributed by atoms with Gasteiger partial charge in [-0.25, -0.2) is 0 Å². The van der Waals surface area contributed by atoms with Gasteiger partial charge in [0.05, 0.1) is 19.1 Å². The fraction of sp³-hybridized carbons (Fsp3) is 0.133. The maximum absolute atomic E-state index is 8.57. The number of rotatable bonds is 6. The largest absolute Gasteiger partial charge is 0.326 e. The van der Waals surface area contributed by atoms with Crippen molar-refractivity contribution in [3.8, 4) is 6.07 Å². The van der Waals surface area contributed by atoms with Crippen LogP contribution in [0, 0.1) is 11.3 Å². The number of hydrogen-bond donors (Lipinski definition) is 0. The summed E-state index contributed by atoms with van der Waals surface area (Å²) in [6, 6.07) is 21.7. The quantitative estimate of drug-likeness (QED) is 0.542. The molecule has 0 spiro atoms. The topological polar surface area (TPSA) is 36.3 Å². The second-order valence-corrected chi connectivity index (χ2v) is 5.93. The van der Waals surface area contributed by atoms with Gasteiger partial charge in [0.15, 0.2) is 0 Å². The highest BCUT2D eigenvalue weighted by Gasteiger charge is 2.20. The Hall–Kier alpha value is -1.59. The Labute approximate surface area is 125 Å². The average molecular weight is 305 g/mol. The van der Waals surface area contributed by atoms with E-state index in [1.54, 1.807) is 0 Å². The molecule has 20 heavy (non-hydrogen) atoms. The van der Waals surface area contributed by atoms with Gasteiger partial charge in [0.1, 0.15) is 0 Å². The van der Waals surface area contributed by atoms with Crippen molar-refractivity contribution in [3.63, 3.8) is 0 Å². The Kier molecular flexibility index (Phi) is 5.83. The Morgan fingerprint density at radius 2 is 1.50 bits per heavy atom. The third kappa shape index (κ3) is 3.95. The Morgan fingerprint density at radius 1 is 1.00 bits per heavy atom. The lowest BCUT2D eigenvalue weighted by atomic mass is 10.3. The summed E-state index contributed by atoms with van der Waals surface area (Å²) >= 11 is 6.41. The highest BCUT2D eigenvalue weighted by molar-refractivity contribution is 7.81. The molecule has 2 aromatic carbocycles. The van der Waals surface area contributed by atoms with Crippen LogP contribution in [-0.2, 0) is 4.52 Å². The number of nitrogens with zero attached hydrogens (tertiary/aromatic N) is 2. The third-order valence-corrected chi connectivity index (χ3v) is 4.49. The minimum absolute atomic E-state index is 0.335. The van der Waals surface area contributed by atoms with Gasteiger partial charge in [-0.1, -0.05) is 36.4 Å². The van der Waals surface area contributed by atoms with E-state index in [9.17, 15) is 0 Å². The Bertz CT molecular complexity index is 520. The van der Waals surface area contributed by atoms with E-state index < -0.39 is 7.65 Å². The molecule has 5 heteroatoms. The first-order chi connectivity index (χ1) is 9.83. The summed E-state index contributed by atoms with van der Waals surface area (Å²) < 4.78 is 7.54. The van der Waals surface area contributed by atoms with E-state index in [0.29, 0.717) is 13.0 Å². The fourth-order valence-electron chi connectivity index (χ4n) is 1.69. The summed E-state index contributed by atoms with van der Waals surface area (Å²) in [5.41, 5.74) is 1.94. The van der Waals surface area contributed by atoms with E-state index in [0.717, 1.165) is 11.4 Å². The van der Waals surface area contributed by atoms with Crippen LogP contribution < -0.4 is 4.67 Å². The molecular formula is C15H14ClN2OP. The summed E-state index contributed by atoms with van der Waals surface area (Å²) in [5.74, 6) is 0. The standard InChI is InChI=1S/C15H14ClN2OP/c16-20(19-13-7-12-17)18(14-8-3-1-4-9-14)15-10-5-2-6-11-15/h1-6,8-11H,7,13H2. The zero-order valence-electron chi connectivity index (χ0n) is 10.8. The molecule has 0 amide bonds. The molecule has 0 aromatic heterocycles. The summed E-state index contributed by atoms with van der Waals surface area (Å²) in [4.78, 5) is 0. The van der Waals surface area contributed by atoms with E-state index in [4.69, 9.17) is 21.0 Å². The normalized spacial score (nSPS) is 11.6. The van der Waals surface area contributed by atoms with Crippen molar-refractivity contribution in [3.05, 3.63) is 60.7 Å². The molecule has 0 saturated heterocycles. The summed E-state index contributed by atoms with van der Waals surface area (Å²) in [5, 5.41) is 8.57. The second kappa shape index (κ2) is 7.87. The number of nitriles is 1. The zero-order valence-corrected chi connectivity index (χ0v) is 12.5. The van der Waals surface area contributed by atoms with Crippen molar-refractivity contribution >= 4 is 30.3 Å². The number of anilines is 2. The first-order valence-corrected chi connectivity index (χ1v) is 8.30. The highest BCUT2D eigenvalue weighted by Crippen LogP contribution is 2.53. The number of benzene rings is 2. The molecule has 102 valence electrons. The molecule has 0 radical (unpaired) electrons. The molecule has 0 aliphatic rings. The van der Waals surface area contributed by atoms with E-state index in [1.807, 2.05) is 71.4 Å². The second-order valence-electron chi connectivity index (χ2n) is 3.95. The van der Waals surface area contributed by atoms with Crippen LogP contribution >= 0.6 is 18.9 Å². The number of hydrogen-bond acceptors (Lipinski definition) is 3. The number of halogens is 1. The van der Waals surface area contributed by atoms with E-state index in [1.165, 1.54) is 0 Å². The summed E-state index contributed by atoms with van der Waals surface area (Å²) in [7, 11) is -1.35. The van der Waals surface area contributed by atoms with Crippen molar-refractivity contribution in [2.24, 2.45) is 0 Å². The smallest absolute Gasteiger partial charge is 0.241 e. The van der Waals surface area contributed by atoms with Crippen LogP contribution in [0.1, 0.15) is 6.42 Å². The lowest BCUT2D eigenvalue weighted by Gasteiger charge is -2.28. The molecule has 3 nitrogen and oxygen atoms in total. The monoisotopic (exact) mass is 304 g/mol. The van der Waals surface area contributed by atoms with Gasteiger partial charge < -0.3 is 4.52 Å². The van der Waals surface area contributed by atoms with Crippen molar-refractivity contribution in [2.45, 2.75) is 6.42 Å². The van der Waals surface area contributed by atoms with E-state index in [-0.39, 0.29) is 0 Å². The molecule has 2 aromatic rings. The molecule has 0 heterocycles. The van der Waals surface area contributed by atoms with Gasteiger partial charge >= 0.3 is 0 Å². The molecule has 0 bridgehead atoms. The van der Waals surface area contributed by atoms with Gasteiger partial charge in [-0.05, 0) is 35.5 Å². The lowest BCUT2D eigenvalue weighted by Crippen LogP contribution is -2.09. The molecule has 0 aliphatic heterocycles. The molecule has 1 unspecified atom stereocenters. The van der Waals surface area contributed by atoms with Gasteiger partial charge in [-0.2, -0.15) is 5.26 Å². The number of para-hydroxylation sites is 2. The van der Waals surface area contributed by atoms with Crippen molar-refractivity contribution in [1.29, 1.82) is 5.26 Å². The Morgan fingerprint density at radius 3 is 1.95 bits per heavy atom. The summed E-state index contributed by atoms with van der Waals surface area (Å²) in [6.07, 6.45) is 0.336. The minimum Gasteiger partial charge on any atom is -0.326 e. The van der Waals surface area contributed by atoms with Gasteiger partial charge in [0.2, 0.25) is 7.65 Å². The lowest BCUT2D eigenvalue weighted by molar-refractivity contribution is 0.369. The molecule has 0 fully saturated rings. The van der Waals surface area contributed by atoms with Crippen molar-refractivity contribution in [2.75, 3.05) is 11.3 Å². The van der Waals surface area contributed by atoms with Gasteiger partial charge in [-0.3, -0.25) is 4.67 Å². The van der Waals surface area contributed by atoms with Crippen LogP contribution in [0.5, 0.6) is 0 Å². The first-order valence-electron chi connectivity index (χ1n) is 6.19. The minimum atomic E-state index is -1.35. The molecular weight excluding hydrogens is 291 g/mol. The van der Waals surface area contributed by atoms with E-state index >= 15 is 0 Å². The van der Waals surface area contributed by atoms with Crippen LogP contribution in [0.15, 0.2) is 60.7 Å². The van der Waals surface area contributed by atoms with E-state index in [2.05, 4.69) is 0 Å². The SMILES string of the molecule is N#CCCOP(Cl)N(c1ccccc1)c1ccccc1. The van der Waals surface area contributed by atoms with Crippen LogP contribution in [0.2, 0.25) is 0 Å². The van der Waals surface area contributed by atoms with Crippen molar-refractivity contribution in [1.82, 2.24) is 0 Å². The molecule has 0 aliphatic carbocycles. The average Bonchev–Trinajstić information content (AvgIpc) is 2.50. The molecule has 0 saturated carbocycles. The van der Waals surface area contributed by atoms with Crippen LogP contribution in [0.4, 0.5) is 11.4 Å². The van der Waals surface area contributed by atoms with Crippen molar-refractivity contribution < 1.29 is 4.52 Å².